The molecule has 0 unspecified atom stereocenters. The van der Waals surface area contributed by atoms with Crippen LogP contribution in [0.15, 0.2) is 85.2 Å². The van der Waals surface area contributed by atoms with Crippen LogP contribution in [0.3, 0.4) is 0 Å². The first kappa shape index (κ1) is 28.4. The molecule has 0 saturated carbocycles. The van der Waals surface area contributed by atoms with E-state index in [9.17, 15) is 13.8 Å². The van der Waals surface area contributed by atoms with Gasteiger partial charge in [0.25, 0.3) is 0 Å². The quantitative estimate of drug-likeness (QED) is 0.183. The number of nitrogens with zero attached hydrogens (tertiary/aromatic N) is 4. The van der Waals surface area contributed by atoms with E-state index in [1.807, 2.05) is 30.3 Å². The van der Waals surface area contributed by atoms with Crippen LogP contribution in [0.5, 0.6) is 5.75 Å². The maximum atomic E-state index is 15.0. The number of hydrogen-bond acceptors (Lipinski definition) is 10. The Kier molecular flexibility index (Phi) is 8.70. The van der Waals surface area contributed by atoms with E-state index in [0.717, 1.165) is 11.6 Å². The fourth-order valence-electron chi connectivity index (χ4n) is 4.20. The van der Waals surface area contributed by atoms with Gasteiger partial charge in [-0.1, -0.05) is 48.5 Å². The molecule has 0 aliphatic carbocycles. The highest BCUT2D eigenvalue weighted by Crippen LogP contribution is 2.45. The first-order valence-corrected chi connectivity index (χ1v) is 14.6. The van der Waals surface area contributed by atoms with Gasteiger partial charge in [0.2, 0.25) is 0 Å². The van der Waals surface area contributed by atoms with E-state index < -0.39 is 44.2 Å². The third-order valence-corrected chi connectivity index (χ3v) is 7.74. The summed E-state index contributed by atoms with van der Waals surface area (Å²) in [5.41, 5.74) is 7.21. The number of benzene rings is 2. The molecule has 0 amide bonds. The second-order valence-electron chi connectivity index (χ2n) is 8.99. The highest BCUT2D eigenvalue weighted by molar-refractivity contribution is 7.57. The average Bonchev–Trinajstić information content (AvgIpc) is 3.56. The van der Waals surface area contributed by atoms with Gasteiger partial charge in [-0.25, -0.2) is 24.4 Å². The summed E-state index contributed by atoms with van der Waals surface area (Å²) in [6, 6.07) is 16.6. The van der Waals surface area contributed by atoms with Crippen LogP contribution < -0.4 is 15.3 Å². The first-order chi connectivity index (χ1) is 19.8. The van der Waals surface area contributed by atoms with Gasteiger partial charge in [-0.2, -0.15) is 0 Å². The van der Waals surface area contributed by atoms with Crippen LogP contribution in [-0.4, -0.2) is 50.8 Å². The second-order valence-corrected chi connectivity index (χ2v) is 11.0. The Bertz CT molecular complexity index is 1570. The number of nitrogens with two attached hydrogens (primary N) is 1. The largest absolute Gasteiger partial charge is 0.465 e. The number of rotatable bonds is 12. The Morgan fingerprint density at radius 2 is 1.88 bits per heavy atom. The van der Waals surface area contributed by atoms with Crippen LogP contribution in [0.25, 0.3) is 11.2 Å². The summed E-state index contributed by atoms with van der Waals surface area (Å²) in [6.07, 6.45) is 0.798. The lowest BCUT2D eigenvalue weighted by Crippen LogP contribution is -2.40. The van der Waals surface area contributed by atoms with Crippen molar-refractivity contribution in [2.24, 2.45) is 0 Å². The summed E-state index contributed by atoms with van der Waals surface area (Å²) in [6.45, 7) is 1.81. The number of fused-ring (bicyclic) bond motifs is 1. The molecule has 0 radical (unpaired) electrons. The number of carbonyl (C=O) groups is 1. The van der Waals surface area contributed by atoms with E-state index in [1.54, 1.807) is 37.3 Å². The number of hydrogen-bond donors (Lipinski definition) is 2. The standard InChI is InChI=1S/C27H28FN6O6P/c1-2-37-27(35)21(13-18-9-5-3-6-10-18)33-41(36,40-19-11-7-4-8-12-19)17-38-22-14-20(28)26(39-22)34-16-32-23-24(29)30-15-31-25(23)34/h3-12,14-16,21-22,26H,2,13,17H2,1H3,(H,33,36)(H2,29,30,31)/t21-,22-,26+,41-/m0/s1. The lowest BCUT2D eigenvalue weighted by atomic mass is 10.1. The van der Waals surface area contributed by atoms with Crippen LogP contribution in [0, 0.1) is 0 Å². The summed E-state index contributed by atoms with van der Waals surface area (Å²) in [7, 11) is -3.97. The third-order valence-electron chi connectivity index (χ3n) is 6.05. The predicted molar refractivity (Wildman–Crippen MR) is 147 cm³/mol. The molecule has 0 bridgehead atoms. The van der Waals surface area contributed by atoms with E-state index in [1.165, 1.54) is 17.2 Å². The Hall–Kier alpha value is -4.16. The molecule has 3 heterocycles. The summed E-state index contributed by atoms with van der Waals surface area (Å²) in [4.78, 5) is 25.0. The molecule has 2 aromatic carbocycles. The van der Waals surface area contributed by atoms with Crippen LogP contribution in [0.2, 0.25) is 0 Å². The number of halogens is 1. The molecule has 0 saturated heterocycles. The number of anilines is 1. The van der Waals surface area contributed by atoms with E-state index in [0.29, 0.717) is 5.52 Å². The zero-order valence-electron chi connectivity index (χ0n) is 22.0. The van der Waals surface area contributed by atoms with E-state index in [4.69, 9.17) is 24.5 Å². The molecular weight excluding hydrogens is 554 g/mol. The Morgan fingerprint density at radius 1 is 1.15 bits per heavy atom. The van der Waals surface area contributed by atoms with Crippen molar-refractivity contribution < 1.29 is 32.5 Å². The van der Waals surface area contributed by atoms with Crippen LogP contribution >= 0.6 is 7.52 Å². The fraction of sp³-hybridized carbons (Fsp3) is 0.259. The van der Waals surface area contributed by atoms with Crippen molar-refractivity contribution >= 4 is 30.5 Å². The maximum absolute atomic E-state index is 15.0. The van der Waals surface area contributed by atoms with E-state index in [2.05, 4.69) is 20.0 Å². The van der Waals surface area contributed by atoms with Gasteiger partial charge in [0.1, 0.15) is 23.6 Å². The molecule has 2 aromatic heterocycles. The minimum atomic E-state index is -3.97. The highest BCUT2D eigenvalue weighted by atomic mass is 31.2. The lowest BCUT2D eigenvalue weighted by Gasteiger charge is -2.26. The number of carbonyl (C=O) groups excluding carboxylic acids is 1. The topological polar surface area (TPSA) is 153 Å². The van der Waals surface area contributed by atoms with Gasteiger partial charge < -0.3 is 24.5 Å². The normalized spacial score (nSPS) is 18.9. The molecule has 214 valence electrons. The van der Waals surface area contributed by atoms with Gasteiger partial charge in [-0.05, 0) is 31.0 Å². The van der Waals surface area contributed by atoms with Gasteiger partial charge in [-0.15, -0.1) is 0 Å². The molecule has 5 rings (SSSR count). The lowest BCUT2D eigenvalue weighted by molar-refractivity contribution is -0.145. The predicted octanol–water partition coefficient (Wildman–Crippen LogP) is 4.13. The number of esters is 1. The first-order valence-electron chi connectivity index (χ1n) is 12.7. The molecule has 12 nitrogen and oxygen atoms in total. The maximum Gasteiger partial charge on any atom is 0.342 e. The number of ether oxygens (including phenoxy) is 3. The molecule has 41 heavy (non-hydrogen) atoms. The van der Waals surface area contributed by atoms with Gasteiger partial charge in [0, 0.05) is 6.08 Å². The Morgan fingerprint density at radius 3 is 2.61 bits per heavy atom. The number of para-hydroxylation sites is 1. The molecule has 1 aliphatic rings. The Labute approximate surface area is 234 Å². The zero-order valence-corrected chi connectivity index (χ0v) is 22.9. The van der Waals surface area contributed by atoms with Crippen molar-refractivity contribution in [2.45, 2.75) is 31.9 Å². The molecule has 0 spiro atoms. The van der Waals surface area contributed by atoms with Crippen molar-refractivity contribution in [3.63, 3.8) is 0 Å². The zero-order chi connectivity index (χ0) is 28.8. The fourth-order valence-corrected chi connectivity index (χ4v) is 5.85. The minimum Gasteiger partial charge on any atom is -0.465 e. The summed E-state index contributed by atoms with van der Waals surface area (Å²) in [5.74, 6) is -0.861. The summed E-state index contributed by atoms with van der Waals surface area (Å²) < 4.78 is 53.1. The van der Waals surface area contributed by atoms with E-state index >= 15 is 0 Å². The van der Waals surface area contributed by atoms with Crippen molar-refractivity contribution in [1.82, 2.24) is 24.6 Å². The molecular formula is C27H28FN6O6P. The molecule has 3 N–H and O–H groups in total. The van der Waals surface area contributed by atoms with Gasteiger partial charge >= 0.3 is 13.5 Å². The molecule has 1 aliphatic heterocycles. The SMILES string of the molecule is CCOC(=O)[C@H](Cc1ccccc1)N[P@](=O)(CO[C@@H]1C=C(F)[C@H](n2cnc3c(N)ncnc32)O1)Oc1ccccc1. The molecule has 0 fully saturated rings. The summed E-state index contributed by atoms with van der Waals surface area (Å²) >= 11 is 0. The number of aromatic nitrogens is 4. The smallest absolute Gasteiger partial charge is 0.342 e. The third kappa shape index (κ3) is 6.77. The number of imidazole rings is 1. The van der Waals surface area contributed by atoms with E-state index in [-0.39, 0.29) is 30.2 Å². The van der Waals surface area contributed by atoms with Crippen molar-refractivity contribution in [1.29, 1.82) is 0 Å². The van der Waals surface area contributed by atoms with Crippen LogP contribution in [0.4, 0.5) is 10.2 Å². The van der Waals surface area contributed by atoms with Crippen LogP contribution in [-0.2, 0) is 30.0 Å². The number of nitrogens with one attached hydrogen (secondary N) is 1. The minimum absolute atomic E-state index is 0.132. The summed E-state index contributed by atoms with van der Waals surface area (Å²) in [5, 5.41) is 2.83. The van der Waals surface area contributed by atoms with Gasteiger partial charge in [-0.3, -0.25) is 13.9 Å². The Balaban J connectivity index is 1.34. The van der Waals surface area contributed by atoms with Gasteiger partial charge in [0.15, 0.2) is 36.2 Å². The van der Waals surface area contributed by atoms with Crippen molar-refractivity contribution in [2.75, 3.05) is 18.7 Å². The molecule has 4 aromatic rings. The molecule has 14 heteroatoms. The monoisotopic (exact) mass is 582 g/mol. The van der Waals surface area contributed by atoms with Crippen molar-refractivity contribution in [3.05, 3.63) is 90.8 Å². The molecule has 4 atom stereocenters. The number of nitrogen functional groups attached to an aromatic ring is 1. The van der Waals surface area contributed by atoms with Crippen molar-refractivity contribution in [3.8, 4) is 5.75 Å². The highest BCUT2D eigenvalue weighted by Gasteiger charge is 2.37. The van der Waals surface area contributed by atoms with Gasteiger partial charge in [0.05, 0.1) is 12.9 Å². The van der Waals surface area contributed by atoms with Crippen LogP contribution in [0.1, 0.15) is 18.7 Å². The second kappa shape index (κ2) is 12.6. The average molecular weight is 583 g/mol.